The van der Waals surface area contributed by atoms with Crippen LogP contribution < -0.4 is 14.8 Å². The Bertz CT molecular complexity index is 937. The molecule has 3 rings (SSSR count). The Balaban J connectivity index is 2.15. The summed E-state index contributed by atoms with van der Waals surface area (Å²) in [5.74, 6) is 0.423. The molecule has 7 heteroatoms. The maximum Gasteiger partial charge on any atom is 0.256 e. The average Bonchev–Trinajstić information content (AvgIpc) is 2.94. The number of amides is 1. The van der Waals surface area contributed by atoms with E-state index in [1.165, 1.54) is 0 Å². The number of methoxy groups -OCH3 is 2. The van der Waals surface area contributed by atoms with Crippen LogP contribution >= 0.6 is 23.2 Å². The zero-order valence-electron chi connectivity index (χ0n) is 14.1. The third-order valence-electron chi connectivity index (χ3n) is 4.05. The van der Waals surface area contributed by atoms with E-state index in [2.05, 4.69) is 5.32 Å². The van der Waals surface area contributed by atoms with Crippen LogP contribution in [0.5, 0.6) is 11.5 Å². The predicted octanol–water partition coefficient (Wildman–Crippen LogP) is 4.27. The molecular formula is C19H15Cl2NO4. The third kappa shape index (κ3) is 3.28. The van der Waals surface area contributed by atoms with Gasteiger partial charge in [-0.15, -0.1) is 11.6 Å². The highest BCUT2D eigenvalue weighted by atomic mass is 35.5. The van der Waals surface area contributed by atoms with Gasteiger partial charge >= 0.3 is 0 Å². The van der Waals surface area contributed by atoms with Crippen molar-refractivity contribution in [3.8, 4) is 11.5 Å². The first-order valence-corrected chi connectivity index (χ1v) is 8.58. The highest BCUT2D eigenvalue weighted by molar-refractivity contribution is 6.40. The Morgan fingerprint density at radius 1 is 1.19 bits per heavy atom. The number of hydrogen-bond donors (Lipinski definition) is 1. The molecule has 1 aliphatic heterocycles. The topological polar surface area (TPSA) is 64.6 Å². The molecule has 0 unspecified atom stereocenters. The summed E-state index contributed by atoms with van der Waals surface area (Å²) in [5.41, 5.74) is 2.47. The van der Waals surface area contributed by atoms with Crippen LogP contribution in [0.15, 0.2) is 30.3 Å². The van der Waals surface area contributed by atoms with Crippen LogP contribution in [0.2, 0.25) is 5.02 Å². The zero-order valence-corrected chi connectivity index (χ0v) is 15.6. The fraction of sp³-hybridized carbons (Fsp3) is 0.158. The number of anilines is 1. The largest absolute Gasteiger partial charge is 0.497 e. The smallest absolute Gasteiger partial charge is 0.256 e. The van der Waals surface area contributed by atoms with E-state index < -0.39 is 0 Å². The van der Waals surface area contributed by atoms with Gasteiger partial charge in [-0.1, -0.05) is 11.6 Å². The summed E-state index contributed by atoms with van der Waals surface area (Å²) in [6, 6.07) is 8.42. The second-order valence-electron chi connectivity index (χ2n) is 5.55. The summed E-state index contributed by atoms with van der Waals surface area (Å²) in [4.78, 5) is 24.4. The van der Waals surface area contributed by atoms with Gasteiger partial charge in [0.05, 0.1) is 30.8 Å². The Morgan fingerprint density at radius 3 is 2.62 bits per heavy atom. The molecule has 0 saturated carbocycles. The predicted molar refractivity (Wildman–Crippen MR) is 103 cm³/mol. The van der Waals surface area contributed by atoms with Crippen molar-refractivity contribution in [1.29, 1.82) is 0 Å². The van der Waals surface area contributed by atoms with Crippen LogP contribution in [-0.4, -0.2) is 31.8 Å². The molecule has 26 heavy (non-hydrogen) atoms. The second-order valence-corrected chi connectivity index (χ2v) is 6.23. The number of ketones is 1. The van der Waals surface area contributed by atoms with Gasteiger partial charge in [0.2, 0.25) is 0 Å². The summed E-state index contributed by atoms with van der Waals surface area (Å²) >= 11 is 11.8. The van der Waals surface area contributed by atoms with Crippen molar-refractivity contribution in [3.63, 3.8) is 0 Å². The van der Waals surface area contributed by atoms with Crippen LogP contribution in [0.1, 0.15) is 21.5 Å². The molecule has 1 amide bonds. The van der Waals surface area contributed by atoms with Gasteiger partial charge in [0.1, 0.15) is 11.5 Å². The summed E-state index contributed by atoms with van der Waals surface area (Å²) < 4.78 is 10.6. The van der Waals surface area contributed by atoms with E-state index in [9.17, 15) is 9.59 Å². The lowest BCUT2D eigenvalue weighted by atomic mass is 10.00. The molecular weight excluding hydrogens is 377 g/mol. The number of nitrogens with one attached hydrogen (secondary N) is 1. The normalized spacial score (nSPS) is 14.2. The number of hydrogen-bond acceptors (Lipinski definition) is 4. The molecule has 0 radical (unpaired) electrons. The van der Waals surface area contributed by atoms with Crippen LogP contribution in [-0.2, 0) is 4.79 Å². The van der Waals surface area contributed by atoms with Crippen LogP contribution in [0.4, 0.5) is 5.69 Å². The molecule has 0 saturated heterocycles. The van der Waals surface area contributed by atoms with Gasteiger partial charge in [-0.25, -0.2) is 0 Å². The Morgan fingerprint density at radius 2 is 1.96 bits per heavy atom. The van der Waals surface area contributed by atoms with Crippen molar-refractivity contribution in [2.45, 2.75) is 0 Å². The number of carbonyl (C=O) groups is 2. The number of carbonyl (C=O) groups excluding carboxylic acids is 2. The summed E-state index contributed by atoms with van der Waals surface area (Å²) in [6.45, 7) is 0. The molecule has 0 atom stereocenters. The highest BCUT2D eigenvalue weighted by Gasteiger charge is 2.27. The first-order valence-electron chi connectivity index (χ1n) is 7.66. The van der Waals surface area contributed by atoms with Gasteiger partial charge in [0.25, 0.3) is 5.91 Å². The zero-order chi connectivity index (χ0) is 18.8. The Kier molecular flexibility index (Phi) is 5.20. The summed E-state index contributed by atoms with van der Waals surface area (Å²) in [7, 11) is 3.10. The maximum atomic E-state index is 12.4. The van der Waals surface area contributed by atoms with Crippen molar-refractivity contribution >= 4 is 52.2 Å². The molecule has 1 heterocycles. The molecule has 2 aromatic carbocycles. The van der Waals surface area contributed by atoms with E-state index in [1.54, 1.807) is 50.6 Å². The highest BCUT2D eigenvalue weighted by Crippen LogP contribution is 2.38. The van der Waals surface area contributed by atoms with Gasteiger partial charge in [-0.2, -0.15) is 0 Å². The number of benzene rings is 2. The molecule has 0 spiro atoms. The molecule has 2 aromatic rings. The van der Waals surface area contributed by atoms with Crippen molar-refractivity contribution < 1.29 is 19.1 Å². The van der Waals surface area contributed by atoms with E-state index in [4.69, 9.17) is 32.7 Å². The van der Waals surface area contributed by atoms with Crippen molar-refractivity contribution in [1.82, 2.24) is 0 Å². The van der Waals surface area contributed by atoms with Gasteiger partial charge in [-0.05, 0) is 36.4 Å². The molecule has 134 valence electrons. The molecule has 0 fully saturated rings. The standard InChI is InChI=1S/C19H15Cl2NO4/c1-25-11-3-4-18(26-2)10(5-11)6-13-12-7-14(17(23)9-20)15(21)8-16(12)22-19(13)24/h3-8H,9H2,1-2H3,(H,22,24)/b13-6-. The minimum absolute atomic E-state index is 0.192. The molecule has 5 nitrogen and oxygen atoms in total. The van der Waals surface area contributed by atoms with E-state index in [0.29, 0.717) is 33.9 Å². The lowest BCUT2D eigenvalue weighted by molar-refractivity contribution is -0.110. The van der Waals surface area contributed by atoms with Crippen molar-refractivity contribution in [3.05, 3.63) is 52.0 Å². The molecule has 0 bridgehead atoms. The average molecular weight is 392 g/mol. The Hall–Kier alpha value is -2.50. The quantitative estimate of drug-likeness (QED) is 0.469. The number of ether oxygens (including phenoxy) is 2. The summed E-state index contributed by atoms with van der Waals surface area (Å²) in [5, 5.41) is 3.00. The second kappa shape index (κ2) is 7.40. The lowest BCUT2D eigenvalue weighted by Gasteiger charge is -2.09. The first-order chi connectivity index (χ1) is 12.5. The first kappa shape index (κ1) is 18.3. The van der Waals surface area contributed by atoms with E-state index >= 15 is 0 Å². The lowest BCUT2D eigenvalue weighted by Crippen LogP contribution is -2.03. The fourth-order valence-corrected chi connectivity index (χ4v) is 3.16. The van der Waals surface area contributed by atoms with Crippen molar-refractivity contribution in [2.75, 3.05) is 25.4 Å². The third-order valence-corrected chi connectivity index (χ3v) is 4.60. The maximum absolute atomic E-state index is 12.4. The minimum atomic E-state index is -0.308. The number of rotatable bonds is 5. The van der Waals surface area contributed by atoms with E-state index in [1.807, 2.05) is 0 Å². The minimum Gasteiger partial charge on any atom is -0.497 e. The van der Waals surface area contributed by atoms with Gasteiger partial charge in [0, 0.05) is 22.3 Å². The number of alkyl halides is 1. The molecule has 0 aromatic heterocycles. The number of Topliss-reactive ketones (excluding diaryl/α,β-unsaturated/α-hetero) is 1. The monoisotopic (exact) mass is 391 g/mol. The number of fused-ring (bicyclic) bond motifs is 1. The fourth-order valence-electron chi connectivity index (χ4n) is 2.75. The van der Waals surface area contributed by atoms with Gasteiger partial charge in [-0.3, -0.25) is 9.59 Å². The molecule has 1 aliphatic rings. The van der Waals surface area contributed by atoms with E-state index in [-0.39, 0.29) is 28.2 Å². The van der Waals surface area contributed by atoms with Crippen molar-refractivity contribution in [2.24, 2.45) is 0 Å². The van der Waals surface area contributed by atoms with Crippen LogP contribution in [0, 0.1) is 0 Å². The van der Waals surface area contributed by atoms with Crippen LogP contribution in [0.25, 0.3) is 11.6 Å². The molecule has 1 N–H and O–H groups in total. The molecule has 0 aliphatic carbocycles. The van der Waals surface area contributed by atoms with Crippen LogP contribution in [0.3, 0.4) is 0 Å². The van der Waals surface area contributed by atoms with Gasteiger partial charge in [0.15, 0.2) is 5.78 Å². The number of halogens is 2. The summed E-state index contributed by atoms with van der Waals surface area (Å²) in [6.07, 6.45) is 1.69. The van der Waals surface area contributed by atoms with Gasteiger partial charge < -0.3 is 14.8 Å². The SMILES string of the molecule is COc1ccc(OC)c(/C=C2\C(=O)Nc3cc(Cl)c(C(=O)CCl)cc32)c1. The van der Waals surface area contributed by atoms with E-state index in [0.717, 1.165) is 0 Å². The Labute approximate surface area is 160 Å².